The van der Waals surface area contributed by atoms with Gasteiger partial charge in [-0.15, -0.1) is 0 Å². The lowest BCUT2D eigenvalue weighted by Crippen LogP contribution is -2.31. The van der Waals surface area contributed by atoms with Crippen molar-refractivity contribution in [2.24, 2.45) is 11.8 Å². The molecule has 0 aromatic carbocycles. The first-order valence-electron chi connectivity index (χ1n) is 4.92. The Balaban J connectivity index is 1.88. The molecule has 0 unspecified atom stereocenters. The van der Waals surface area contributed by atoms with Crippen LogP contribution in [-0.4, -0.2) is 35.0 Å². The second kappa shape index (κ2) is 3.57. The number of carbonyl (C=O) groups excluding carboxylic acids is 2. The number of hydrogen-bond acceptors (Lipinski definition) is 3. The Hall–Kier alpha value is -1.10. The van der Waals surface area contributed by atoms with Crippen LogP contribution < -0.4 is 5.48 Å². The predicted molar refractivity (Wildman–Crippen MR) is 47.3 cm³/mol. The maximum Gasteiger partial charge on any atom is 0.248 e. The first-order valence-corrected chi connectivity index (χ1v) is 4.92. The fourth-order valence-electron chi connectivity index (χ4n) is 1.83. The Bertz CT molecular complexity index is 263. The minimum absolute atomic E-state index is 0.0329. The van der Waals surface area contributed by atoms with Crippen molar-refractivity contribution >= 4 is 11.8 Å². The van der Waals surface area contributed by atoms with E-state index < -0.39 is 5.91 Å². The van der Waals surface area contributed by atoms with Gasteiger partial charge in [0.1, 0.15) is 0 Å². The molecule has 0 radical (unpaired) electrons. The van der Waals surface area contributed by atoms with Crippen molar-refractivity contribution in [1.82, 2.24) is 10.4 Å². The maximum atomic E-state index is 11.4. The molecule has 2 fully saturated rings. The molecule has 0 aromatic heterocycles. The molecule has 78 valence electrons. The molecule has 1 aliphatic carbocycles. The molecule has 1 saturated carbocycles. The summed E-state index contributed by atoms with van der Waals surface area (Å²) in [4.78, 5) is 24.2. The molecule has 2 amide bonds. The number of rotatable bonds is 3. The molecule has 1 aliphatic heterocycles. The van der Waals surface area contributed by atoms with Gasteiger partial charge in [0.25, 0.3) is 0 Å². The fourth-order valence-corrected chi connectivity index (χ4v) is 1.83. The summed E-state index contributed by atoms with van der Waals surface area (Å²) in [5.74, 6) is -0.136. The molecule has 0 spiro atoms. The normalized spacial score (nSPS) is 26.8. The van der Waals surface area contributed by atoms with Crippen LogP contribution in [0.3, 0.4) is 0 Å². The van der Waals surface area contributed by atoms with E-state index in [-0.39, 0.29) is 18.2 Å². The number of hydroxylamine groups is 1. The highest BCUT2D eigenvalue weighted by atomic mass is 16.5. The Kier molecular flexibility index (Phi) is 2.41. The van der Waals surface area contributed by atoms with Gasteiger partial charge >= 0.3 is 0 Å². The highest BCUT2D eigenvalue weighted by molar-refractivity contribution is 5.88. The number of nitrogens with one attached hydrogen (secondary N) is 1. The molecule has 1 saturated heterocycles. The van der Waals surface area contributed by atoms with Gasteiger partial charge in [0.05, 0.1) is 5.92 Å². The van der Waals surface area contributed by atoms with Crippen molar-refractivity contribution in [3.8, 4) is 0 Å². The van der Waals surface area contributed by atoms with Crippen molar-refractivity contribution < 1.29 is 14.8 Å². The van der Waals surface area contributed by atoms with E-state index in [4.69, 9.17) is 5.21 Å². The molecule has 1 heterocycles. The molecule has 1 atom stereocenters. The summed E-state index contributed by atoms with van der Waals surface area (Å²) in [6.07, 6.45) is 2.63. The molecule has 0 aromatic rings. The van der Waals surface area contributed by atoms with Crippen molar-refractivity contribution in [1.29, 1.82) is 0 Å². The third-order valence-electron chi connectivity index (χ3n) is 2.87. The third kappa shape index (κ3) is 1.87. The van der Waals surface area contributed by atoms with E-state index >= 15 is 0 Å². The molecule has 2 rings (SSSR count). The van der Waals surface area contributed by atoms with Gasteiger partial charge in [0.2, 0.25) is 11.8 Å². The number of nitrogens with zero attached hydrogens (tertiary/aromatic N) is 1. The van der Waals surface area contributed by atoms with Crippen LogP contribution >= 0.6 is 0 Å². The zero-order chi connectivity index (χ0) is 10.1. The van der Waals surface area contributed by atoms with Crippen LogP contribution in [-0.2, 0) is 9.59 Å². The van der Waals surface area contributed by atoms with Crippen LogP contribution in [0.2, 0.25) is 0 Å². The average molecular weight is 198 g/mol. The number of amides is 2. The highest BCUT2D eigenvalue weighted by Crippen LogP contribution is 2.31. The number of carbonyl (C=O) groups is 2. The highest BCUT2D eigenvalue weighted by Gasteiger charge is 2.36. The second-order valence-electron chi connectivity index (χ2n) is 4.12. The van der Waals surface area contributed by atoms with Gasteiger partial charge in [0, 0.05) is 19.5 Å². The van der Waals surface area contributed by atoms with Crippen molar-refractivity contribution in [3.05, 3.63) is 0 Å². The largest absolute Gasteiger partial charge is 0.342 e. The fraction of sp³-hybridized carbons (Fsp3) is 0.778. The molecular weight excluding hydrogens is 184 g/mol. The molecule has 5 nitrogen and oxygen atoms in total. The van der Waals surface area contributed by atoms with E-state index in [1.807, 2.05) is 0 Å². The van der Waals surface area contributed by atoms with E-state index in [0.717, 1.165) is 6.54 Å². The molecule has 0 bridgehead atoms. The maximum absolute atomic E-state index is 11.4. The van der Waals surface area contributed by atoms with Gasteiger partial charge in [-0.2, -0.15) is 0 Å². The lowest BCUT2D eigenvalue weighted by atomic mass is 10.1. The Morgan fingerprint density at radius 2 is 2.29 bits per heavy atom. The minimum atomic E-state index is -0.448. The van der Waals surface area contributed by atoms with Crippen LogP contribution in [0.1, 0.15) is 19.3 Å². The van der Waals surface area contributed by atoms with Gasteiger partial charge in [0.15, 0.2) is 0 Å². The minimum Gasteiger partial charge on any atom is -0.342 e. The first kappa shape index (κ1) is 9.45. The summed E-state index contributed by atoms with van der Waals surface area (Å²) in [5, 5.41) is 8.43. The van der Waals surface area contributed by atoms with E-state index in [1.165, 1.54) is 12.8 Å². The smallest absolute Gasteiger partial charge is 0.248 e. The summed E-state index contributed by atoms with van der Waals surface area (Å²) in [7, 11) is 0. The van der Waals surface area contributed by atoms with Gasteiger partial charge in [-0.05, 0) is 18.8 Å². The van der Waals surface area contributed by atoms with Crippen LogP contribution in [0.25, 0.3) is 0 Å². The van der Waals surface area contributed by atoms with Crippen molar-refractivity contribution in [2.45, 2.75) is 19.3 Å². The average Bonchev–Trinajstić information content (AvgIpc) is 2.91. The second-order valence-corrected chi connectivity index (χ2v) is 4.12. The summed E-state index contributed by atoms with van der Waals surface area (Å²) < 4.78 is 0. The zero-order valence-corrected chi connectivity index (χ0v) is 7.90. The Morgan fingerprint density at radius 3 is 2.86 bits per heavy atom. The van der Waals surface area contributed by atoms with Gasteiger partial charge in [-0.1, -0.05) is 0 Å². The van der Waals surface area contributed by atoms with Gasteiger partial charge < -0.3 is 4.90 Å². The van der Waals surface area contributed by atoms with Crippen molar-refractivity contribution in [2.75, 3.05) is 13.1 Å². The van der Waals surface area contributed by atoms with E-state index in [0.29, 0.717) is 12.5 Å². The monoisotopic (exact) mass is 198 g/mol. The number of likely N-dealkylation sites (tertiary alicyclic amines) is 1. The summed E-state index contributed by atoms with van der Waals surface area (Å²) in [6.45, 7) is 1.25. The molecule has 14 heavy (non-hydrogen) atoms. The number of hydrogen-bond donors (Lipinski definition) is 2. The zero-order valence-electron chi connectivity index (χ0n) is 7.90. The molecule has 2 aliphatic rings. The summed E-state index contributed by atoms with van der Waals surface area (Å²) in [6, 6.07) is 0. The third-order valence-corrected chi connectivity index (χ3v) is 2.87. The quantitative estimate of drug-likeness (QED) is 0.485. The van der Waals surface area contributed by atoms with Crippen LogP contribution in [0.5, 0.6) is 0 Å². The topological polar surface area (TPSA) is 69.6 Å². The van der Waals surface area contributed by atoms with Crippen molar-refractivity contribution in [3.63, 3.8) is 0 Å². The lowest BCUT2D eigenvalue weighted by molar-refractivity contribution is -0.133. The molecule has 2 N–H and O–H groups in total. The van der Waals surface area contributed by atoms with E-state index in [1.54, 1.807) is 10.4 Å². The van der Waals surface area contributed by atoms with Gasteiger partial charge in [-0.25, -0.2) is 5.48 Å². The van der Waals surface area contributed by atoms with E-state index in [2.05, 4.69) is 0 Å². The van der Waals surface area contributed by atoms with Crippen LogP contribution in [0.4, 0.5) is 0 Å². The first-order chi connectivity index (χ1) is 6.70. The summed E-state index contributed by atoms with van der Waals surface area (Å²) in [5.41, 5.74) is 1.60. The molecule has 5 heteroatoms. The predicted octanol–water partition coefficient (Wildman–Crippen LogP) is -0.250. The standard InChI is InChI=1S/C9H14N2O3/c12-8-3-7(9(13)10-14)5-11(8)4-6-1-2-6/h6-7,14H,1-5H2,(H,10,13)/t7-/m0/s1. The van der Waals surface area contributed by atoms with E-state index in [9.17, 15) is 9.59 Å². The van der Waals surface area contributed by atoms with Crippen LogP contribution in [0.15, 0.2) is 0 Å². The Morgan fingerprint density at radius 1 is 1.57 bits per heavy atom. The Labute approximate surface area is 82.0 Å². The summed E-state index contributed by atoms with van der Waals surface area (Å²) >= 11 is 0. The van der Waals surface area contributed by atoms with Gasteiger partial charge in [-0.3, -0.25) is 14.8 Å². The SMILES string of the molecule is O=C(NO)[C@H]1CC(=O)N(CC2CC2)C1. The van der Waals surface area contributed by atoms with Crippen LogP contribution in [0, 0.1) is 11.8 Å². The lowest BCUT2D eigenvalue weighted by Gasteiger charge is -2.15. The molecular formula is C9H14N2O3.